The SMILES string of the molecule is Nc1sc(Cc2ccccc2)c(-c2ccccc2)c1C(=O)c1ccc(Cl)cc1. The molecule has 4 rings (SSSR count). The molecule has 0 atom stereocenters. The van der Waals surface area contributed by atoms with Crippen LogP contribution in [-0.2, 0) is 6.42 Å². The van der Waals surface area contributed by atoms with Gasteiger partial charge in [0.25, 0.3) is 0 Å². The van der Waals surface area contributed by atoms with Crippen molar-refractivity contribution in [2.75, 3.05) is 5.73 Å². The number of rotatable bonds is 5. The molecule has 2 N–H and O–H groups in total. The normalized spacial score (nSPS) is 10.8. The smallest absolute Gasteiger partial charge is 0.196 e. The molecule has 4 heteroatoms. The maximum Gasteiger partial charge on any atom is 0.196 e. The van der Waals surface area contributed by atoms with Crippen molar-refractivity contribution in [1.82, 2.24) is 0 Å². The van der Waals surface area contributed by atoms with Gasteiger partial charge in [-0.1, -0.05) is 72.3 Å². The summed E-state index contributed by atoms with van der Waals surface area (Å²) in [4.78, 5) is 14.4. The second-order valence-electron chi connectivity index (χ2n) is 6.50. The van der Waals surface area contributed by atoms with Gasteiger partial charge in [-0.2, -0.15) is 0 Å². The molecule has 0 saturated heterocycles. The van der Waals surface area contributed by atoms with Crippen molar-refractivity contribution in [3.63, 3.8) is 0 Å². The van der Waals surface area contributed by atoms with E-state index in [-0.39, 0.29) is 5.78 Å². The summed E-state index contributed by atoms with van der Waals surface area (Å²) >= 11 is 7.47. The van der Waals surface area contributed by atoms with E-state index >= 15 is 0 Å². The average molecular weight is 404 g/mol. The number of ketones is 1. The Balaban J connectivity index is 1.86. The summed E-state index contributed by atoms with van der Waals surface area (Å²) in [5.74, 6) is -0.0800. The highest BCUT2D eigenvalue weighted by molar-refractivity contribution is 7.17. The van der Waals surface area contributed by atoms with E-state index in [2.05, 4.69) is 12.1 Å². The molecular formula is C24H18ClNOS. The van der Waals surface area contributed by atoms with Gasteiger partial charge < -0.3 is 5.73 Å². The summed E-state index contributed by atoms with van der Waals surface area (Å²) in [5.41, 5.74) is 10.6. The minimum Gasteiger partial charge on any atom is -0.390 e. The fourth-order valence-corrected chi connectivity index (χ4v) is 4.53. The first-order valence-electron chi connectivity index (χ1n) is 8.94. The lowest BCUT2D eigenvalue weighted by Gasteiger charge is -2.09. The second-order valence-corrected chi connectivity index (χ2v) is 8.08. The fraction of sp³-hybridized carbons (Fsp3) is 0.0417. The summed E-state index contributed by atoms with van der Waals surface area (Å²) in [5, 5.41) is 1.15. The maximum absolute atomic E-state index is 13.3. The van der Waals surface area contributed by atoms with Crippen LogP contribution in [0.25, 0.3) is 11.1 Å². The first kappa shape index (κ1) is 18.5. The molecule has 0 radical (unpaired) electrons. The van der Waals surface area contributed by atoms with Gasteiger partial charge in [0.2, 0.25) is 0 Å². The molecule has 1 aromatic heterocycles. The molecule has 0 bridgehead atoms. The molecule has 0 aliphatic carbocycles. The van der Waals surface area contributed by atoms with E-state index in [1.165, 1.54) is 16.9 Å². The van der Waals surface area contributed by atoms with E-state index < -0.39 is 0 Å². The molecule has 2 nitrogen and oxygen atoms in total. The standard InChI is InChI=1S/C24H18ClNOS/c25-19-13-11-18(12-14-19)23(27)22-21(17-9-5-2-6-10-17)20(28-24(22)26)15-16-7-3-1-4-8-16/h1-14H,15,26H2. The van der Waals surface area contributed by atoms with Crippen LogP contribution in [0.5, 0.6) is 0 Å². The molecule has 0 unspecified atom stereocenters. The van der Waals surface area contributed by atoms with E-state index in [9.17, 15) is 4.79 Å². The van der Waals surface area contributed by atoms with Gasteiger partial charge in [-0.15, -0.1) is 11.3 Å². The molecule has 3 aromatic carbocycles. The first-order valence-corrected chi connectivity index (χ1v) is 10.1. The zero-order chi connectivity index (χ0) is 19.5. The highest BCUT2D eigenvalue weighted by atomic mass is 35.5. The van der Waals surface area contributed by atoms with Crippen molar-refractivity contribution in [1.29, 1.82) is 0 Å². The Labute approximate surface area is 173 Å². The van der Waals surface area contributed by atoms with Gasteiger partial charge in [-0.3, -0.25) is 4.79 Å². The number of carbonyl (C=O) groups is 1. The fourth-order valence-electron chi connectivity index (χ4n) is 3.28. The number of anilines is 1. The minimum atomic E-state index is -0.0800. The number of hydrogen-bond donors (Lipinski definition) is 1. The molecule has 0 amide bonds. The van der Waals surface area contributed by atoms with E-state index in [1.54, 1.807) is 24.3 Å². The Morgan fingerprint density at radius 3 is 2.11 bits per heavy atom. The highest BCUT2D eigenvalue weighted by Gasteiger charge is 2.24. The number of hydrogen-bond acceptors (Lipinski definition) is 3. The number of nitrogens with two attached hydrogens (primary N) is 1. The van der Waals surface area contributed by atoms with Crippen LogP contribution in [0.2, 0.25) is 5.02 Å². The van der Waals surface area contributed by atoms with Crippen molar-refractivity contribution in [3.8, 4) is 11.1 Å². The lowest BCUT2D eigenvalue weighted by atomic mass is 9.94. The van der Waals surface area contributed by atoms with Crippen molar-refractivity contribution < 1.29 is 4.79 Å². The molecule has 138 valence electrons. The van der Waals surface area contributed by atoms with Crippen molar-refractivity contribution in [3.05, 3.63) is 112 Å². The quantitative estimate of drug-likeness (QED) is 0.388. The van der Waals surface area contributed by atoms with Gasteiger partial charge in [0.15, 0.2) is 5.78 Å². The maximum atomic E-state index is 13.3. The Morgan fingerprint density at radius 1 is 0.857 bits per heavy atom. The van der Waals surface area contributed by atoms with Crippen molar-refractivity contribution in [2.45, 2.75) is 6.42 Å². The summed E-state index contributed by atoms with van der Waals surface area (Å²) in [7, 11) is 0. The van der Waals surface area contributed by atoms with Gasteiger partial charge in [0.05, 0.1) is 10.6 Å². The summed E-state index contributed by atoms with van der Waals surface area (Å²) in [6.07, 6.45) is 0.730. The van der Waals surface area contributed by atoms with E-state index in [1.807, 2.05) is 48.5 Å². The van der Waals surface area contributed by atoms with Crippen LogP contribution in [-0.4, -0.2) is 5.78 Å². The molecule has 0 saturated carbocycles. The lowest BCUT2D eigenvalue weighted by molar-refractivity contribution is 0.104. The Kier molecular flexibility index (Phi) is 5.29. The van der Waals surface area contributed by atoms with Gasteiger partial charge in [-0.05, 0) is 35.4 Å². The summed E-state index contributed by atoms with van der Waals surface area (Å²) < 4.78 is 0. The predicted octanol–water partition coefficient (Wildman–Crippen LogP) is 6.47. The molecule has 0 aliphatic heterocycles. The third-order valence-corrected chi connectivity index (χ3v) is 5.88. The summed E-state index contributed by atoms with van der Waals surface area (Å²) in [6, 6.07) is 27.1. The number of thiophene rings is 1. The Morgan fingerprint density at radius 2 is 1.46 bits per heavy atom. The topological polar surface area (TPSA) is 43.1 Å². The molecule has 0 aliphatic rings. The number of carbonyl (C=O) groups excluding carboxylic acids is 1. The third-order valence-electron chi connectivity index (χ3n) is 4.61. The van der Waals surface area contributed by atoms with Gasteiger partial charge in [-0.25, -0.2) is 0 Å². The van der Waals surface area contributed by atoms with Gasteiger partial charge in [0.1, 0.15) is 0 Å². The van der Waals surface area contributed by atoms with Crippen molar-refractivity contribution in [2.24, 2.45) is 0 Å². The predicted molar refractivity (Wildman–Crippen MR) is 118 cm³/mol. The van der Waals surface area contributed by atoms with Crippen LogP contribution in [0.1, 0.15) is 26.4 Å². The minimum absolute atomic E-state index is 0.0800. The highest BCUT2D eigenvalue weighted by Crippen LogP contribution is 2.41. The van der Waals surface area contributed by atoms with E-state index in [0.29, 0.717) is 21.2 Å². The number of nitrogen functional groups attached to an aromatic ring is 1. The monoisotopic (exact) mass is 403 g/mol. The molecular weight excluding hydrogens is 386 g/mol. The second kappa shape index (κ2) is 8.01. The van der Waals surface area contributed by atoms with Crippen LogP contribution < -0.4 is 5.73 Å². The van der Waals surface area contributed by atoms with Crippen LogP contribution in [0.4, 0.5) is 5.00 Å². The number of benzene rings is 3. The number of halogens is 1. The third kappa shape index (κ3) is 3.72. The van der Waals surface area contributed by atoms with E-state index in [0.717, 1.165) is 22.4 Å². The molecule has 28 heavy (non-hydrogen) atoms. The van der Waals surface area contributed by atoms with E-state index in [4.69, 9.17) is 17.3 Å². The zero-order valence-corrected chi connectivity index (χ0v) is 16.6. The zero-order valence-electron chi connectivity index (χ0n) is 15.1. The van der Waals surface area contributed by atoms with Crippen LogP contribution in [0.3, 0.4) is 0 Å². The molecule has 1 heterocycles. The summed E-state index contributed by atoms with van der Waals surface area (Å²) in [6.45, 7) is 0. The lowest BCUT2D eigenvalue weighted by Crippen LogP contribution is -2.05. The van der Waals surface area contributed by atoms with Gasteiger partial charge >= 0.3 is 0 Å². The Hall–Kier alpha value is -2.88. The van der Waals surface area contributed by atoms with Gasteiger partial charge in [0, 0.05) is 27.4 Å². The van der Waals surface area contributed by atoms with Crippen LogP contribution >= 0.6 is 22.9 Å². The van der Waals surface area contributed by atoms with Crippen LogP contribution in [0, 0.1) is 0 Å². The molecule has 0 spiro atoms. The van der Waals surface area contributed by atoms with Crippen LogP contribution in [0.15, 0.2) is 84.9 Å². The first-order chi connectivity index (χ1) is 13.6. The largest absolute Gasteiger partial charge is 0.390 e. The molecule has 0 fully saturated rings. The average Bonchev–Trinajstić information content (AvgIpc) is 3.05. The van der Waals surface area contributed by atoms with Crippen molar-refractivity contribution >= 4 is 33.7 Å². The Bertz CT molecular complexity index is 1100. The molecule has 4 aromatic rings.